The standard InChI is InChI=1S/C23H20F3N3O2S/c24-15-6-3-13(4-7-15)20-19(18(30)12-23(22(27)31)9-1-2-10-28-23)29-21(32-20)14-5-8-16(25)17(26)11-14/h3-8,11,28H,1-2,9-10,12H2,(H2,27,31). The van der Waals surface area contributed by atoms with Gasteiger partial charge in [-0.05, 0) is 61.7 Å². The average molecular weight is 459 g/mol. The second-order valence-electron chi connectivity index (χ2n) is 7.76. The summed E-state index contributed by atoms with van der Waals surface area (Å²) in [5.41, 5.74) is 5.39. The monoisotopic (exact) mass is 459 g/mol. The number of nitrogens with one attached hydrogen (secondary N) is 1. The van der Waals surface area contributed by atoms with E-state index in [0.29, 0.717) is 34.0 Å². The number of carbonyl (C=O) groups is 2. The first-order valence-corrected chi connectivity index (χ1v) is 10.9. The fourth-order valence-corrected chi connectivity index (χ4v) is 4.92. The van der Waals surface area contributed by atoms with E-state index in [4.69, 9.17) is 5.73 Å². The van der Waals surface area contributed by atoms with Crippen molar-refractivity contribution in [2.75, 3.05) is 6.54 Å². The van der Waals surface area contributed by atoms with Gasteiger partial charge in [-0.25, -0.2) is 18.2 Å². The number of benzene rings is 2. The van der Waals surface area contributed by atoms with Gasteiger partial charge in [-0.15, -0.1) is 11.3 Å². The molecule has 3 N–H and O–H groups in total. The minimum Gasteiger partial charge on any atom is -0.368 e. The first-order chi connectivity index (χ1) is 15.3. The lowest BCUT2D eigenvalue weighted by molar-refractivity contribution is -0.125. The molecule has 0 saturated carbocycles. The lowest BCUT2D eigenvalue weighted by Gasteiger charge is -2.34. The number of ketones is 1. The summed E-state index contributed by atoms with van der Waals surface area (Å²) in [6.45, 7) is 0.568. The molecule has 1 aliphatic heterocycles. The normalized spacial score (nSPS) is 18.5. The molecule has 4 rings (SSSR count). The Labute approximate surface area is 186 Å². The predicted molar refractivity (Wildman–Crippen MR) is 116 cm³/mol. The van der Waals surface area contributed by atoms with E-state index in [-0.39, 0.29) is 12.1 Å². The van der Waals surface area contributed by atoms with Gasteiger partial charge in [0.05, 0.1) is 4.88 Å². The SMILES string of the molecule is NC(=O)C1(CC(=O)c2nc(-c3ccc(F)c(F)c3)sc2-c2ccc(F)cc2)CCCCN1. The number of Topliss-reactive ketones (excluding diaryl/α,β-unsaturated/α-hetero) is 1. The summed E-state index contributed by atoms with van der Waals surface area (Å²) >= 11 is 1.10. The Balaban J connectivity index is 1.77. The van der Waals surface area contributed by atoms with E-state index in [1.807, 2.05) is 0 Å². The summed E-state index contributed by atoms with van der Waals surface area (Å²) in [4.78, 5) is 30.4. The Hall–Kier alpha value is -3.04. The number of thiazole rings is 1. The van der Waals surface area contributed by atoms with Crippen LogP contribution in [0.15, 0.2) is 42.5 Å². The molecule has 0 bridgehead atoms. The van der Waals surface area contributed by atoms with Crippen LogP contribution >= 0.6 is 11.3 Å². The molecular weight excluding hydrogens is 439 g/mol. The van der Waals surface area contributed by atoms with Crippen molar-refractivity contribution in [2.45, 2.75) is 31.2 Å². The van der Waals surface area contributed by atoms with E-state index in [2.05, 4.69) is 10.3 Å². The van der Waals surface area contributed by atoms with Crippen molar-refractivity contribution in [1.29, 1.82) is 0 Å². The summed E-state index contributed by atoms with van der Waals surface area (Å²) in [5.74, 6) is -3.49. The topological polar surface area (TPSA) is 85.1 Å². The fraction of sp³-hybridized carbons (Fsp3) is 0.261. The maximum Gasteiger partial charge on any atom is 0.238 e. The van der Waals surface area contributed by atoms with Crippen molar-refractivity contribution in [3.63, 3.8) is 0 Å². The molecule has 2 heterocycles. The molecule has 32 heavy (non-hydrogen) atoms. The molecule has 0 spiro atoms. The number of primary amides is 1. The van der Waals surface area contributed by atoms with Crippen LogP contribution in [0.5, 0.6) is 0 Å². The highest BCUT2D eigenvalue weighted by atomic mass is 32.1. The first kappa shape index (κ1) is 22.2. The highest BCUT2D eigenvalue weighted by Crippen LogP contribution is 2.37. The number of aromatic nitrogens is 1. The van der Waals surface area contributed by atoms with Crippen LogP contribution in [0, 0.1) is 17.5 Å². The fourth-order valence-electron chi connectivity index (χ4n) is 3.83. The molecule has 5 nitrogen and oxygen atoms in total. The molecule has 0 radical (unpaired) electrons. The van der Waals surface area contributed by atoms with Crippen LogP contribution in [0.4, 0.5) is 13.2 Å². The Bertz CT molecular complexity index is 1170. The number of halogens is 3. The van der Waals surface area contributed by atoms with Crippen LogP contribution in [-0.2, 0) is 4.79 Å². The number of nitrogens with zero attached hydrogens (tertiary/aromatic N) is 1. The van der Waals surface area contributed by atoms with Gasteiger partial charge in [0.25, 0.3) is 0 Å². The molecule has 1 amide bonds. The summed E-state index contributed by atoms with van der Waals surface area (Å²) in [5, 5.41) is 3.39. The summed E-state index contributed by atoms with van der Waals surface area (Å²) in [6, 6.07) is 8.90. The maximum absolute atomic E-state index is 13.8. The molecule has 1 saturated heterocycles. The quantitative estimate of drug-likeness (QED) is 0.533. The van der Waals surface area contributed by atoms with Crippen LogP contribution < -0.4 is 11.1 Å². The number of piperidine rings is 1. The summed E-state index contributed by atoms with van der Waals surface area (Å²) < 4.78 is 40.6. The molecule has 3 aromatic rings. The van der Waals surface area contributed by atoms with Crippen molar-refractivity contribution in [2.24, 2.45) is 5.73 Å². The molecule has 1 aliphatic rings. The predicted octanol–water partition coefficient (Wildman–Crippen LogP) is 4.46. The third-order valence-corrected chi connectivity index (χ3v) is 6.75. The first-order valence-electron chi connectivity index (χ1n) is 10.1. The number of hydrogen-bond donors (Lipinski definition) is 2. The number of carbonyl (C=O) groups excluding carboxylic acids is 2. The molecular formula is C23H20F3N3O2S. The van der Waals surface area contributed by atoms with E-state index in [1.165, 1.54) is 30.3 Å². The lowest BCUT2D eigenvalue weighted by Crippen LogP contribution is -2.58. The van der Waals surface area contributed by atoms with Gasteiger partial charge in [0.15, 0.2) is 17.4 Å². The third kappa shape index (κ3) is 4.31. The molecule has 1 aromatic heterocycles. The van der Waals surface area contributed by atoms with Gasteiger partial charge in [0.1, 0.15) is 22.1 Å². The van der Waals surface area contributed by atoms with Crippen molar-refractivity contribution >= 4 is 23.0 Å². The van der Waals surface area contributed by atoms with Gasteiger partial charge in [0, 0.05) is 12.0 Å². The Morgan fingerprint density at radius 1 is 1.03 bits per heavy atom. The van der Waals surface area contributed by atoms with Crippen molar-refractivity contribution in [3.05, 3.63) is 65.6 Å². The van der Waals surface area contributed by atoms with Gasteiger partial charge in [-0.2, -0.15) is 0 Å². The molecule has 0 aliphatic carbocycles. The Morgan fingerprint density at radius 2 is 1.75 bits per heavy atom. The third-order valence-electron chi connectivity index (χ3n) is 5.59. The van der Waals surface area contributed by atoms with Gasteiger partial charge in [-0.1, -0.05) is 12.1 Å². The number of amides is 1. The van der Waals surface area contributed by atoms with Gasteiger partial charge >= 0.3 is 0 Å². The number of nitrogens with two attached hydrogens (primary N) is 1. The van der Waals surface area contributed by atoms with E-state index in [0.717, 1.165) is 36.3 Å². The molecule has 9 heteroatoms. The molecule has 166 valence electrons. The summed E-state index contributed by atoms with van der Waals surface area (Å²) in [6.07, 6.45) is 1.88. The average Bonchev–Trinajstić information content (AvgIpc) is 3.22. The smallest absolute Gasteiger partial charge is 0.238 e. The minimum absolute atomic E-state index is 0.0781. The summed E-state index contributed by atoms with van der Waals surface area (Å²) in [7, 11) is 0. The number of rotatable bonds is 6. The van der Waals surface area contributed by atoms with E-state index in [1.54, 1.807) is 0 Å². The zero-order valence-electron chi connectivity index (χ0n) is 17.0. The molecule has 1 unspecified atom stereocenters. The van der Waals surface area contributed by atoms with Crippen molar-refractivity contribution in [3.8, 4) is 21.0 Å². The van der Waals surface area contributed by atoms with Crippen LogP contribution in [0.2, 0.25) is 0 Å². The maximum atomic E-state index is 13.8. The highest BCUT2D eigenvalue weighted by Gasteiger charge is 2.40. The van der Waals surface area contributed by atoms with Crippen molar-refractivity contribution < 1.29 is 22.8 Å². The molecule has 2 aromatic carbocycles. The van der Waals surface area contributed by atoms with Crippen LogP contribution in [-0.4, -0.2) is 28.8 Å². The van der Waals surface area contributed by atoms with Crippen LogP contribution in [0.25, 0.3) is 21.0 Å². The lowest BCUT2D eigenvalue weighted by atomic mass is 9.83. The molecule has 1 fully saturated rings. The van der Waals surface area contributed by atoms with Crippen molar-refractivity contribution in [1.82, 2.24) is 10.3 Å². The second-order valence-corrected chi connectivity index (χ2v) is 8.76. The number of hydrogen-bond acceptors (Lipinski definition) is 5. The second kappa shape index (κ2) is 8.84. The van der Waals surface area contributed by atoms with Gasteiger partial charge in [-0.3, -0.25) is 9.59 Å². The van der Waals surface area contributed by atoms with Crippen LogP contribution in [0.3, 0.4) is 0 Å². The van der Waals surface area contributed by atoms with Crippen LogP contribution in [0.1, 0.15) is 36.2 Å². The Morgan fingerprint density at radius 3 is 2.38 bits per heavy atom. The Kier molecular flexibility index (Phi) is 6.12. The van der Waals surface area contributed by atoms with Gasteiger partial charge < -0.3 is 11.1 Å². The van der Waals surface area contributed by atoms with E-state index < -0.39 is 34.7 Å². The minimum atomic E-state index is -1.17. The highest BCUT2D eigenvalue weighted by molar-refractivity contribution is 7.18. The zero-order valence-corrected chi connectivity index (χ0v) is 17.8. The van der Waals surface area contributed by atoms with E-state index >= 15 is 0 Å². The molecule has 1 atom stereocenters. The zero-order chi connectivity index (χ0) is 22.9. The van der Waals surface area contributed by atoms with Gasteiger partial charge in [0.2, 0.25) is 5.91 Å². The largest absolute Gasteiger partial charge is 0.368 e. The van der Waals surface area contributed by atoms with E-state index in [9.17, 15) is 22.8 Å².